The van der Waals surface area contributed by atoms with E-state index in [0.29, 0.717) is 24.4 Å². The quantitative estimate of drug-likeness (QED) is 0.409. The van der Waals surface area contributed by atoms with Gasteiger partial charge in [-0.2, -0.15) is 10.2 Å². The van der Waals surface area contributed by atoms with E-state index in [1.807, 2.05) is 30.5 Å². The summed E-state index contributed by atoms with van der Waals surface area (Å²) in [5.41, 5.74) is 9.74. The van der Waals surface area contributed by atoms with Gasteiger partial charge >= 0.3 is 0 Å². The average Bonchev–Trinajstić information content (AvgIpc) is 3.45. The lowest BCUT2D eigenvalue weighted by molar-refractivity contribution is 0.0946. The third-order valence-electron chi connectivity index (χ3n) is 4.77. The van der Waals surface area contributed by atoms with Gasteiger partial charge in [0.25, 0.3) is 5.91 Å². The molecule has 0 saturated carbocycles. The monoisotopic (exact) mass is 399 g/mol. The zero-order chi connectivity index (χ0) is 20.5. The topological polar surface area (TPSA) is 140 Å². The molecule has 4 heterocycles. The molecule has 0 bridgehead atoms. The average molecular weight is 399 g/mol. The van der Waals surface area contributed by atoms with E-state index in [2.05, 4.69) is 35.6 Å². The smallest absolute Gasteiger partial charge is 0.271 e. The maximum absolute atomic E-state index is 12.1. The molecule has 0 aliphatic heterocycles. The van der Waals surface area contributed by atoms with Gasteiger partial charge in [-0.3, -0.25) is 19.6 Å². The highest BCUT2D eigenvalue weighted by atomic mass is 16.1. The maximum atomic E-state index is 12.1. The van der Waals surface area contributed by atoms with Gasteiger partial charge in [-0.05, 0) is 12.1 Å². The summed E-state index contributed by atoms with van der Waals surface area (Å²) >= 11 is 0. The van der Waals surface area contributed by atoms with Crippen LogP contribution >= 0.6 is 0 Å². The number of aromatic nitrogens is 7. The summed E-state index contributed by atoms with van der Waals surface area (Å²) in [6.45, 7) is 0.868. The van der Waals surface area contributed by atoms with Crippen LogP contribution in [-0.4, -0.2) is 47.4 Å². The second-order valence-electron chi connectivity index (χ2n) is 6.70. The number of nitrogens with two attached hydrogens (primary N) is 1. The molecule has 0 saturated heterocycles. The highest BCUT2D eigenvalue weighted by Gasteiger charge is 2.13. The predicted molar refractivity (Wildman–Crippen MR) is 111 cm³/mol. The zero-order valence-corrected chi connectivity index (χ0v) is 15.8. The summed E-state index contributed by atoms with van der Waals surface area (Å²) < 4.78 is 1.75. The second-order valence-corrected chi connectivity index (χ2v) is 6.70. The molecule has 0 unspecified atom stereocenters. The van der Waals surface area contributed by atoms with E-state index in [9.17, 15) is 4.79 Å². The van der Waals surface area contributed by atoms with E-state index in [-0.39, 0.29) is 11.6 Å². The van der Waals surface area contributed by atoms with Crippen LogP contribution in [-0.2, 0) is 6.54 Å². The van der Waals surface area contributed by atoms with E-state index >= 15 is 0 Å². The molecule has 0 spiro atoms. The first-order valence-corrected chi connectivity index (χ1v) is 9.29. The maximum Gasteiger partial charge on any atom is 0.271 e. The van der Waals surface area contributed by atoms with Gasteiger partial charge in [0.05, 0.1) is 24.0 Å². The minimum Gasteiger partial charge on any atom is -0.382 e. The SMILES string of the molecule is Nc1nc2cc(-c3ccn[nH]3)ccc2c2cn(CCNC(=O)c3cnccn3)nc12. The Hall–Kier alpha value is -4.34. The summed E-state index contributed by atoms with van der Waals surface area (Å²) in [5, 5.41) is 16.2. The molecule has 0 radical (unpaired) electrons. The third-order valence-corrected chi connectivity index (χ3v) is 4.77. The van der Waals surface area contributed by atoms with Gasteiger partial charge in [-0.25, -0.2) is 9.97 Å². The number of nitrogens with zero attached hydrogens (tertiary/aromatic N) is 6. The number of nitrogen functional groups attached to an aromatic ring is 1. The fourth-order valence-corrected chi connectivity index (χ4v) is 3.33. The van der Waals surface area contributed by atoms with Crippen molar-refractivity contribution >= 4 is 33.5 Å². The summed E-state index contributed by atoms with van der Waals surface area (Å²) in [5.74, 6) is 0.0828. The molecule has 5 rings (SSSR count). The van der Waals surface area contributed by atoms with Crippen molar-refractivity contribution in [2.24, 2.45) is 0 Å². The van der Waals surface area contributed by atoms with Gasteiger partial charge in [-0.15, -0.1) is 0 Å². The first kappa shape index (κ1) is 17.7. The minimum atomic E-state index is -0.280. The van der Waals surface area contributed by atoms with Gasteiger partial charge < -0.3 is 11.1 Å². The molecule has 4 N–H and O–H groups in total. The number of fused-ring (bicyclic) bond motifs is 3. The third kappa shape index (κ3) is 3.20. The fraction of sp³-hybridized carbons (Fsp3) is 0.100. The standard InChI is InChI=1S/C20H17N9O/c21-19-18-14(13-2-1-12(9-16(13)26-19)15-3-4-25-27-15)11-29(28-18)8-7-24-20(30)17-10-22-5-6-23-17/h1-6,9-11H,7-8H2,(H2,21,26)(H,24,30)(H,25,27). The van der Waals surface area contributed by atoms with Crippen molar-refractivity contribution in [1.82, 2.24) is 40.2 Å². The number of carbonyl (C=O) groups excluding carboxylic acids is 1. The molecular weight excluding hydrogens is 382 g/mol. The second kappa shape index (κ2) is 7.24. The van der Waals surface area contributed by atoms with Crippen LogP contribution in [0.25, 0.3) is 33.1 Å². The van der Waals surface area contributed by atoms with Crippen molar-refractivity contribution in [1.29, 1.82) is 0 Å². The van der Waals surface area contributed by atoms with Crippen LogP contribution in [0.1, 0.15) is 10.5 Å². The van der Waals surface area contributed by atoms with Crippen molar-refractivity contribution in [3.05, 3.63) is 60.9 Å². The van der Waals surface area contributed by atoms with Gasteiger partial charge in [0, 0.05) is 47.7 Å². The number of amides is 1. The zero-order valence-electron chi connectivity index (χ0n) is 15.8. The van der Waals surface area contributed by atoms with Crippen molar-refractivity contribution in [3.8, 4) is 11.3 Å². The Morgan fingerprint density at radius 3 is 2.90 bits per heavy atom. The molecule has 0 atom stereocenters. The first-order chi connectivity index (χ1) is 14.7. The number of aromatic amines is 1. The van der Waals surface area contributed by atoms with Crippen LogP contribution in [0.4, 0.5) is 5.82 Å². The lowest BCUT2D eigenvalue weighted by atomic mass is 10.1. The number of pyridine rings is 1. The van der Waals surface area contributed by atoms with Crippen molar-refractivity contribution in [3.63, 3.8) is 0 Å². The summed E-state index contributed by atoms with van der Waals surface area (Å²) in [6.07, 6.45) is 8.05. The van der Waals surface area contributed by atoms with Crippen molar-refractivity contribution in [2.75, 3.05) is 12.3 Å². The van der Waals surface area contributed by atoms with Crippen LogP contribution in [0.3, 0.4) is 0 Å². The summed E-state index contributed by atoms with van der Waals surface area (Å²) in [4.78, 5) is 24.5. The molecule has 148 valence electrons. The highest BCUT2D eigenvalue weighted by molar-refractivity contribution is 6.08. The van der Waals surface area contributed by atoms with Crippen LogP contribution < -0.4 is 11.1 Å². The lowest BCUT2D eigenvalue weighted by Gasteiger charge is -2.04. The fourth-order valence-electron chi connectivity index (χ4n) is 3.33. The number of benzene rings is 1. The molecule has 5 aromatic rings. The molecule has 0 aliphatic carbocycles. The number of hydrogen-bond acceptors (Lipinski definition) is 7. The van der Waals surface area contributed by atoms with Crippen LogP contribution in [0, 0.1) is 0 Å². The molecular formula is C20H17N9O. The Morgan fingerprint density at radius 2 is 2.10 bits per heavy atom. The molecule has 4 aromatic heterocycles. The molecule has 0 fully saturated rings. The number of nitrogens with one attached hydrogen (secondary N) is 2. The molecule has 10 nitrogen and oxygen atoms in total. The molecule has 0 aliphatic rings. The number of anilines is 1. The Kier molecular flexibility index (Phi) is 4.28. The molecule has 30 heavy (non-hydrogen) atoms. The van der Waals surface area contributed by atoms with Crippen LogP contribution in [0.2, 0.25) is 0 Å². The van der Waals surface area contributed by atoms with Gasteiger partial charge in [0.1, 0.15) is 11.2 Å². The normalized spacial score (nSPS) is 11.2. The van der Waals surface area contributed by atoms with E-state index in [1.165, 1.54) is 18.6 Å². The van der Waals surface area contributed by atoms with E-state index in [1.54, 1.807) is 10.9 Å². The number of rotatable bonds is 5. The number of H-pyrrole nitrogens is 1. The number of carbonyl (C=O) groups is 1. The Balaban J connectivity index is 1.40. The summed E-state index contributed by atoms with van der Waals surface area (Å²) in [6, 6.07) is 7.88. The molecule has 10 heteroatoms. The minimum absolute atomic E-state index is 0.274. The first-order valence-electron chi connectivity index (χ1n) is 9.29. The largest absolute Gasteiger partial charge is 0.382 e. The summed E-state index contributed by atoms with van der Waals surface area (Å²) in [7, 11) is 0. The van der Waals surface area contributed by atoms with Crippen molar-refractivity contribution in [2.45, 2.75) is 6.54 Å². The van der Waals surface area contributed by atoms with Crippen molar-refractivity contribution < 1.29 is 4.79 Å². The Labute approximate surface area is 170 Å². The van der Waals surface area contributed by atoms with Crippen LogP contribution in [0.5, 0.6) is 0 Å². The van der Waals surface area contributed by atoms with Gasteiger partial charge in [0.15, 0.2) is 5.82 Å². The highest BCUT2D eigenvalue weighted by Crippen LogP contribution is 2.29. The van der Waals surface area contributed by atoms with E-state index in [4.69, 9.17) is 5.73 Å². The molecule has 1 amide bonds. The van der Waals surface area contributed by atoms with Crippen LogP contribution in [0.15, 0.2) is 55.2 Å². The number of hydrogen-bond donors (Lipinski definition) is 3. The van der Waals surface area contributed by atoms with Gasteiger partial charge in [-0.1, -0.05) is 12.1 Å². The van der Waals surface area contributed by atoms with Gasteiger partial charge in [0.2, 0.25) is 0 Å². The predicted octanol–water partition coefficient (Wildman–Crippen LogP) is 1.78. The van der Waals surface area contributed by atoms with E-state index < -0.39 is 0 Å². The van der Waals surface area contributed by atoms with E-state index in [0.717, 1.165) is 27.5 Å². The molecule has 1 aromatic carbocycles. The Bertz CT molecular complexity index is 1340. The lowest BCUT2D eigenvalue weighted by Crippen LogP contribution is -2.28. The Morgan fingerprint density at radius 1 is 1.17 bits per heavy atom.